The number of anilines is 1. The maximum Gasteiger partial charge on any atom is 0.410 e. The lowest BCUT2D eigenvalue weighted by Gasteiger charge is -2.30. The average Bonchev–Trinajstić information content (AvgIpc) is 3.39. The predicted octanol–water partition coefficient (Wildman–Crippen LogP) is 3.22. The molecule has 9 heteroatoms. The molecule has 2 amide bonds. The normalized spacial score (nSPS) is 14.5. The molecule has 0 saturated carbocycles. The summed E-state index contributed by atoms with van der Waals surface area (Å²) in [6.07, 6.45) is 6.26. The number of para-hydroxylation sites is 2. The molecule has 0 aliphatic carbocycles. The Morgan fingerprint density at radius 3 is 2.86 bits per heavy atom. The van der Waals surface area contributed by atoms with Crippen molar-refractivity contribution in [2.45, 2.75) is 18.8 Å². The molecular weight excluding hydrogens is 390 g/mol. The number of rotatable bonds is 4. The molecule has 1 aliphatic heterocycles. The summed E-state index contributed by atoms with van der Waals surface area (Å²) in [6.45, 7) is 1.14. The van der Waals surface area contributed by atoms with Gasteiger partial charge in [0, 0.05) is 24.4 Å². The second kappa shape index (κ2) is 8.32. The summed E-state index contributed by atoms with van der Waals surface area (Å²) in [5, 5.41) is 5.41. The third kappa shape index (κ3) is 4.22. The van der Waals surface area contributed by atoms with Crippen LogP contribution in [-0.4, -0.2) is 51.5 Å². The van der Waals surface area contributed by atoms with Gasteiger partial charge in [0.1, 0.15) is 5.69 Å². The Bertz CT molecular complexity index is 1040. The monoisotopic (exact) mass is 409 g/mol. The topological polar surface area (TPSA) is 100 Å². The quantitative estimate of drug-likeness (QED) is 0.645. The summed E-state index contributed by atoms with van der Waals surface area (Å²) < 4.78 is 4.96. The van der Waals surface area contributed by atoms with Gasteiger partial charge in [0.05, 0.1) is 16.0 Å². The number of fused-ring (bicyclic) bond motifs is 1. The molecule has 1 aliphatic rings. The van der Waals surface area contributed by atoms with Crippen LogP contribution in [-0.2, 0) is 4.74 Å². The molecule has 0 radical (unpaired) electrons. The zero-order valence-corrected chi connectivity index (χ0v) is 16.4. The number of hydrogen-bond donors (Lipinski definition) is 2. The minimum Gasteiger partial charge on any atom is -0.436 e. The van der Waals surface area contributed by atoms with E-state index in [1.807, 2.05) is 24.3 Å². The first-order valence-electron chi connectivity index (χ1n) is 9.20. The van der Waals surface area contributed by atoms with E-state index in [0.717, 1.165) is 28.9 Å². The number of aromatic amines is 1. The third-order valence-corrected chi connectivity index (χ3v) is 5.76. The largest absolute Gasteiger partial charge is 0.436 e. The van der Waals surface area contributed by atoms with Crippen molar-refractivity contribution in [3.05, 3.63) is 40.3 Å². The number of ether oxygens (including phenoxy) is 1. The van der Waals surface area contributed by atoms with Crippen LogP contribution in [0.1, 0.15) is 34.3 Å². The van der Waals surface area contributed by atoms with Gasteiger partial charge in [0.15, 0.2) is 6.61 Å². The Morgan fingerprint density at radius 2 is 2.10 bits per heavy atom. The molecule has 0 atom stereocenters. The number of nitrogens with one attached hydrogen (secondary N) is 2. The second-order valence-electron chi connectivity index (χ2n) is 6.65. The lowest BCUT2D eigenvalue weighted by molar-refractivity contribution is 0.102. The van der Waals surface area contributed by atoms with Crippen LogP contribution < -0.4 is 5.32 Å². The maximum absolute atomic E-state index is 12.5. The zero-order valence-electron chi connectivity index (χ0n) is 15.6. The van der Waals surface area contributed by atoms with E-state index in [1.165, 1.54) is 11.3 Å². The zero-order chi connectivity index (χ0) is 20.2. The van der Waals surface area contributed by atoms with Crippen molar-refractivity contribution in [1.82, 2.24) is 19.9 Å². The van der Waals surface area contributed by atoms with Gasteiger partial charge in [0.25, 0.3) is 5.91 Å². The van der Waals surface area contributed by atoms with Crippen LogP contribution in [0.5, 0.6) is 0 Å². The fourth-order valence-electron chi connectivity index (χ4n) is 3.27. The number of carbonyl (C=O) groups is 2. The van der Waals surface area contributed by atoms with E-state index in [9.17, 15) is 9.59 Å². The molecule has 3 heterocycles. The molecule has 1 aromatic carbocycles. The molecule has 29 heavy (non-hydrogen) atoms. The van der Waals surface area contributed by atoms with Gasteiger partial charge in [0.2, 0.25) is 5.95 Å². The van der Waals surface area contributed by atoms with Crippen LogP contribution in [0.4, 0.5) is 10.7 Å². The molecule has 2 N–H and O–H groups in total. The molecule has 1 saturated heterocycles. The molecule has 0 spiro atoms. The Morgan fingerprint density at radius 1 is 1.31 bits per heavy atom. The summed E-state index contributed by atoms with van der Waals surface area (Å²) in [4.78, 5) is 38.0. The number of aromatic nitrogens is 3. The number of nitrogens with zero attached hydrogens (tertiary/aromatic N) is 3. The van der Waals surface area contributed by atoms with Crippen molar-refractivity contribution in [1.29, 1.82) is 0 Å². The van der Waals surface area contributed by atoms with Crippen molar-refractivity contribution >= 4 is 40.3 Å². The van der Waals surface area contributed by atoms with E-state index < -0.39 is 0 Å². The molecule has 2 aromatic heterocycles. The minimum atomic E-state index is -0.383. The first kappa shape index (κ1) is 19.0. The lowest BCUT2D eigenvalue weighted by Crippen LogP contribution is -2.38. The number of amides is 2. The number of benzene rings is 1. The molecular formula is C20H19N5O3S. The predicted molar refractivity (Wildman–Crippen MR) is 110 cm³/mol. The van der Waals surface area contributed by atoms with Gasteiger partial charge in [-0.25, -0.2) is 14.8 Å². The first-order chi connectivity index (χ1) is 14.1. The average molecular weight is 409 g/mol. The summed E-state index contributed by atoms with van der Waals surface area (Å²) in [5.74, 6) is 2.59. The Balaban J connectivity index is 1.35. The van der Waals surface area contributed by atoms with E-state index in [0.29, 0.717) is 24.7 Å². The van der Waals surface area contributed by atoms with Crippen molar-refractivity contribution < 1.29 is 14.3 Å². The van der Waals surface area contributed by atoms with Gasteiger partial charge >= 0.3 is 6.09 Å². The molecule has 8 nitrogen and oxygen atoms in total. The smallest absolute Gasteiger partial charge is 0.410 e. The molecule has 1 fully saturated rings. The van der Waals surface area contributed by atoms with Crippen LogP contribution >= 0.6 is 11.3 Å². The van der Waals surface area contributed by atoms with Crippen LogP contribution in [0, 0.1) is 12.3 Å². The van der Waals surface area contributed by atoms with E-state index in [-0.39, 0.29) is 24.5 Å². The highest BCUT2D eigenvalue weighted by atomic mass is 32.1. The van der Waals surface area contributed by atoms with E-state index in [4.69, 9.17) is 11.2 Å². The maximum atomic E-state index is 12.5. The highest BCUT2D eigenvalue weighted by Gasteiger charge is 2.27. The number of likely N-dealkylation sites (tertiary alicyclic amines) is 1. The van der Waals surface area contributed by atoms with Gasteiger partial charge < -0.3 is 14.6 Å². The van der Waals surface area contributed by atoms with Gasteiger partial charge in [-0.2, -0.15) is 0 Å². The number of carbonyl (C=O) groups excluding carboxylic acids is 2. The van der Waals surface area contributed by atoms with Crippen molar-refractivity contribution in [3.63, 3.8) is 0 Å². The van der Waals surface area contributed by atoms with E-state index >= 15 is 0 Å². The second-order valence-corrected chi connectivity index (χ2v) is 7.54. The van der Waals surface area contributed by atoms with Gasteiger partial charge in [-0.05, 0) is 25.0 Å². The van der Waals surface area contributed by atoms with Gasteiger partial charge in [-0.15, -0.1) is 17.8 Å². The van der Waals surface area contributed by atoms with Crippen LogP contribution in [0.3, 0.4) is 0 Å². The summed E-state index contributed by atoms with van der Waals surface area (Å²) in [5.41, 5.74) is 2.00. The van der Waals surface area contributed by atoms with Crippen LogP contribution in [0.2, 0.25) is 0 Å². The molecule has 0 unspecified atom stereocenters. The Kier molecular flexibility index (Phi) is 5.44. The third-order valence-electron chi connectivity index (χ3n) is 4.76. The first-order valence-corrected chi connectivity index (χ1v) is 10.1. The number of H-pyrrole nitrogens is 1. The number of thiazole rings is 1. The summed E-state index contributed by atoms with van der Waals surface area (Å²) >= 11 is 1.46. The van der Waals surface area contributed by atoms with Crippen molar-refractivity contribution in [3.8, 4) is 12.3 Å². The van der Waals surface area contributed by atoms with Crippen molar-refractivity contribution in [2.24, 2.45) is 0 Å². The summed E-state index contributed by atoms with van der Waals surface area (Å²) in [6, 6.07) is 7.56. The highest BCUT2D eigenvalue weighted by Crippen LogP contribution is 2.30. The molecule has 148 valence electrons. The van der Waals surface area contributed by atoms with Crippen molar-refractivity contribution in [2.75, 3.05) is 25.0 Å². The Hall–Kier alpha value is -3.38. The van der Waals surface area contributed by atoms with E-state index in [2.05, 4.69) is 26.2 Å². The SMILES string of the molecule is C#CCOC(=O)N1CCC(c2nc(C(=O)Nc3nc4ccccc4[nH]3)cs2)CC1. The number of hydrogen-bond acceptors (Lipinski definition) is 6. The highest BCUT2D eigenvalue weighted by molar-refractivity contribution is 7.10. The van der Waals surface area contributed by atoms with E-state index in [1.54, 1.807) is 10.3 Å². The number of imidazole rings is 1. The molecule has 0 bridgehead atoms. The Labute approximate surface area is 171 Å². The van der Waals surface area contributed by atoms with Gasteiger partial charge in [-0.3, -0.25) is 10.1 Å². The molecule has 3 aromatic rings. The summed E-state index contributed by atoms with van der Waals surface area (Å²) in [7, 11) is 0. The standard InChI is InChI=1S/C20H19N5O3S/c1-2-11-28-20(27)25-9-7-13(8-10-25)18-21-16(12-29-18)17(26)24-19-22-14-5-3-4-6-15(14)23-19/h1,3-6,12-13H,7-11H2,(H2,22,23,24,26). The molecule has 4 rings (SSSR count). The number of terminal acetylenes is 1. The fraction of sp³-hybridized carbons (Fsp3) is 0.300. The number of piperidine rings is 1. The fourth-order valence-corrected chi connectivity index (χ4v) is 4.24. The minimum absolute atomic E-state index is 0.0189. The van der Waals surface area contributed by atoms with Gasteiger partial charge in [-0.1, -0.05) is 18.1 Å². The van der Waals surface area contributed by atoms with Crippen LogP contribution in [0.15, 0.2) is 29.6 Å². The lowest BCUT2D eigenvalue weighted by atomic mass is 9.98. The van der Waals surface area contributed by atoms with Crippen LogP contribution in [0.25, 0.3) is 11.0 Å².